The standard InChI is InChI=1S/C12H16F3NO/c1-3-8(2)17-10-7-5-4-6-9(10)11(16)12(13,14)15/h4-8,11H,3,16H2,1-2H3/t8?,11-/m1/s1. The number of rotatable bonds is 4. The van der Waals surface area contributed by atoms with Gasteiger partial charge in [-0.25, -0.2) is 0 Å². The van der Waals surface area contributed by atoms with Gasteiger partial charge in [0.15, 0.2) is 0 Å². The van der Waals surface area contributed by atoms with Crippen LogP contribution in [-0.4, -0.2) is 12.3 Å². The lowest BCUT2D eigenvalue weighted by Gasteiger charge is -2.21. The zero-order valence-corrected chi connectivity index (χ0v) is 9.79. The molecular weight excluding hydrogens is 231 g/mol. The molecule has 0 aliphatic carbocycles. The minimum Gasteiger partial charge on any atom is -0.490 e. The first-order valence-electron chi connectivity index (χ1n) is 5.44. The van der Waals surface area contributed by atoms with Crippen molar-refractivity contribution in [3.05, 3.63) is 29.8 Å². The van der Waals surface area contributed by atoms with E-state index in [-0.39, 0.29) is 17.4 Å². The van der Waals surface area contributed by atoms with E-state index in [1.807, 2.05) is 6.92 Å². The second kappa shape index (κ2) is 5.40. The first kappa shape index (κ1) is 13.8. The van der Waals surface area contributed by atoms with Gasteiger partial charge in [-0.1, -0.05) is 25.1 Å². The Kier molecular flexibility index (Phi) is 4.40. The molecule has 2 N–H and O–H groups in total. The van der Waals surface area contributed by atoms with Gasteiger partial charge in [-0.15, -0.1) is 0 Å². The average Bonchev–Trinajstić information content (AvgIpc) is 2.27. The Bertz CT molecular complexity index is 365. The normalized spacial score (nSPS) is 15.4. The summed E-state index contributed by atoms with van der Waals surface area (Å²) in [5.41, 5.74) is 5.16. The lowest BCUT2D eigenvalue weighted by atomic mass is 10.1. The van der Waals surface area contributed by atoms with E-state index in [0.717, 1.165) is 6.42 Å². The van der Waals surface area contributed by atoms with E-state index >= 15 is 0 Å². The van der Waals surface area contributed by atoms with E-state index in [1.54, 1.807) is 13.0 Å². The molecule has 2 nitrogen and oxygen atoms in total. The molecule has 0 aliphatic heterocycles. The second-order valence-electron chi connectivity index (χ2n) is 3.89. The molecule has 0 saturated heterocycles. The Morgan fingerprint density at radius 1 is 1.29 bits per heavy atom. The minimum absolute atomic E-state index is 0.0275. The van der Waals surface area contributed by atoms with Gasteiger partial charge in [0.05, 0.1) is 6.10 Å². The van der Waals surface area contributed by atoms with E-state index in [1.165, 1.54) is 18.2 Å². The molecule has 0 radical (unpaired) electrons. The molecule has 96 valence electrons. The number of benzene rings is 1. The van der Waals surface area contributed by atoms with Gasteiger partial charge in [0.1, 0.15) is 11.8 Å². The van der Waals surface area contributed by atoms with Crippen LogP contribution < -0.4 is 10.5 Å². The predicted octanol–water partition coefficient (Wildman–Crippen LogP) is 3.43. The largest absolute Gasteiger partial charge is 0.490 e. The summed E-state index contributed by atoms with van der Waals surface area (Å²) in [7, 11) is 0. The highest BCUT2D eigenvalue weighted by Crippen LogP contribution is 2.35. The molecule has 1 rings (SSSR count). The second-order valence-corrected chi connectivity index (χ2v) is 3.89. The Morgan fingerprint density at radius 2 is 1.88 bits per heavy atom. The van der Waals surface area contributed by atoms with E-state index in [0.29, 0.717) is 0 Å². The lowest BCUT2D eigenvalue weighted by Crippen LogP contribution is -2.29. The number of para-hydroxylation sites is 1. The van der Waals surface area contributed by atoms with E-state index < -0.39 is 12.2 Å². The summed E-state index contributed by atoms with van der Waals surface area (Å²) < 4.78 is 43.1. The van der Waals surface area contributed by atoms with Crippen molar-refractivity contribution < 1.29 is 17.9 Å². The summed E-state index contributed by atoms with van der Waals surface area (Å²) in [6.07, 6.45) is -3.89. The third-order valence-corrected chi connectivity index (χ3v) is 2.51. The summed E-state index contributed by atoms with van der Waals surface area (Å²) in [5, 5.41) is 0. The quantitative estimate of drug-likeness (QED) is 0.884. The van der Waals surface area contributed by atoms with Crippen molar-refractivity contribution in [2.24, 2.45) is 5.73 Å². The Hall–Kier alpha value is -1.23. The minimum atomic E-state index is -4.46. The fourth-order valence-corrected chi connectivity index (χ4v) is 1.32. The van der Waals surface area contributed by atoms with Crippen LogP contribution in [0, 0.1) is 0 Å². The molecular formula is C12H16F3NO. The van der Waals surface area contributed by atoms with Crippen LogP contribution in [0.1, 0.15) is 31.9 Å². The molecule has 0 spiro atoms. The number of alkyl halides is 3. The lowest BCUT2D eigenvalue weighted by molar-refractivity contribution is -0.149. The molecule has 5 heteroatoms. The van der Waals surface area contributed by atoms with E-state index in [4.69, 9.17) is 10.5 Å². The number of nitrogens with two attached hydrogens (primary N) is 1. The monoisotopic (exact) mass is 247 g/mol. The SMILES string of the molecule is CCC(C)Oc1ccccc1[C@@H](N)C(F)(F)F. The summed E-state index contributed by atoms with van der Waals surface area (Å²) in [4.78, 5) is 0. The molecule has 0 fully saturated rings. The van der Waals surface area contributed by atoms with Gasteiger partial charge in [-0.2, -0.15) is 13.2 Å². The molecule has 1 unspecified atom stereocenters. The number of hydrogen-bond acceptors (Lipinski definition) is 2. The van der Waals surface area contributed by atoms with Gasteiger partial charge in [0.2, 0.25) is 0 Å². The van der Waals surface area contributed by atoms with Crippen LogP contribution in [0.25, 0.3) is 0 Å². The molecule has 0 aliphatic rings. The van der Waals surface area contributed by atoms with Gasteiger partial charge in [0.25, 0.3) is 0 Å². The summed E-state index contributed by atoms with van der Waals surface area (Å²) in [6, 6.07) is 3.99. The molecule has 0 aromatic heterocycles. The fraction of sp³-hybridized carbons (Fsp3) is 0.500. The van der Waals surface area contributed by atoms with E-state index in [9.17, 15) is 13.2 Å². The van der Waals surface area contributed by atoms with Gasteiger partial charge in [-0.3, -0.25) is 0 Å². The van der Waals surface area contributed by atoms with Crippen LogP contribution in [0.3, 0.4) is 0 Å². The molecule has 2 atom stereocenters. The maximum absolute atomic E-state index is 12.6. The number of ether oxygens (including phenoxy) is 1. The molecule has 0 saturated carbocycles. The zero-order valence-electron chi connectivity index (χ0n) is 9.79. The number of hydrogen-bond donors (Lipinski definition) is 1. The first-order chi connectivity index (χ1) is 7.86. The number of halogens is 3. The van der Waals surface area contributed by atoms with Gasteiger partial charge >= 0.3 is 6.18 Å². The van der Waals surface area contributed by atoms with Crippen LogP contribution in [-0.2, 0) is 0 Å². The summed E-state index contributed by atoms with van der Waals surface area (Å²) in [6.45, 7) is 3.70. The maximum Gasteiger partial charge on any atom is 0.407 e. The van der Waals surface area contributed by atoms with Crippen molar-refractivity contribution >= 4 is 0 Å². The van der Waals surface area contributed by atoms with Crippen molar-refractivity contribution in [2.45, 2.75) is 38.6 Å². The van der Waals surface area contributed by atoms with Crippen LogP contribution in [0.2, 0.25) is 0 Å². The summed E-state index contributed by atoms with van der Waals surface area (Å²) in [5.74, 6) is 0.201. The van der Waals surface area contributed by atoms with Crippen molar-refractivity contribution in [1.29, 1.82) is 0 Å². The Labute approximate surface area is 98.6 Å². The van der Waals surface area contributed by atoms with Crippen molar-refractivity contribution in [3.8, 4) is 5.75 Å². The smallest absolute Gasteiger partial charge is 0.407 e. The molecule has 0 bridgehead atoms. The average molecular weight is 247 g/mol. The van der Waals surface area contributed by atoms with Crippen molar-refractivity contribution in [3.63, 3.8) is 0 Å². The Balaban J connectivity index is 2.99. The molecule has 1 aromatic rings. The first-order valence-corrected chi connectivity index (χ1v) is 5.44. The van der Waals surface area contributed by atoms with Gasteiger partial charge < -0.3 is 10.5 Å². The molecule has 0 amide bonds. The predicted molar refractivity (Wildman–Crippen MR) is 59.8 cm³/mol. The Morgan fingerprint density at radius 3 is 2.41 bits per heavy atom. The van der Waals surface area contributed by atoms with Crippen LogP contribution in [0.5, 0.6) is 5.75 Å². The van der Waals surface area contributed by atoms with Crippen LogP contribution in [0.4, 0.5) is 13.2 Å². The van der Waals surface area contributed by atoms with Crippen molar-refractivity contribution in [1.82, 2.24) is 0 Å². The van der Waals surface area contributed by atoms with Crippen LogP contribution >= 0.6 is 0 Å². The van der Waals surface area contributed by atoms with Crippen LogP contribution in [0.15, 0.2) is 24.3 Å². The summed E-state index contributed by atoms with van der Waals surface area (Å²) >= 11 is 0. The highest BCUT2D eigenvalue weighted by atomic mass is 19.4. The highest BCUT2D eigenvalue weighted by molar-refractivity contribution is 5.36. The molecule has 0 heterocycles. The highest BCUT2D eigenvalue weighted by Gasteiger charge is 2.39. The van der Waals surface area contributed by atoms with Crippen molar-refractivity contribution in [2.75, 3.05) is 0 Å². The molecule has 1 aromatic carbocycles. The third kappa shape index (κ3) is 3.63. The third-order valence-electron chi connectivity index (χ3n) is 2.51. The van der Waals surface area contributed by atoms with Gasteiger partial charge in [-0.05, 0) is 19.4 Å². The molecule has 17 heavy (non-hydrogen) atoms. The zero-order chi connectivity index (χ0) is 13.1. The topological polar surface area (TPSA) is 35.2 Å². The fourth-order valence-electron chi connectivity index (χ4n) is 1.32. The maximum atomic E-state index is 12.6. The van der Waals surface area contributed by atoms with E-state index in [2.05, 4.69) is 0 Å². The van der Waals surface area contributed by atoms with Gasteiger partial charge in [0, 0.05) is 5.56 Å².